The van der Waals surface area contributed by atoms with E-state index in [2.05, 4.69) is 10.1 Å². The van der Waals surface area contributed by atoms with Crippen molar-refractivity contribution >= 4 is 0 Å². The van der Waals surface area contributed by atoms with E-state index in [4.69, 9.17) is 15.0 Å². The van der Waals surface area contributed by atoms with Crippen LogP contribution in [0.4, 0.5) is 0 Å². The van der Waals surface area contributed by atoms with Gasteiger partial charge in [0.1, 0.15) is 6.61 Å². The molecule has 0 spiro atoms. The van der Waals surface area contributed by atoms with E-state index in [-0.39, 0.29) is 0 Å². The Morgan fingerprint density at radius 1 is 1.22 bits per heavy atom. The molecule has 1 aromatic rings. The highest BCUT2D eigenvalue weighted by Crippen LogP contribution is 2.38. The molecule has 100 valence electrons. The molecule has 2 atom stereocenters. The first-order valence-corrected chi connectivity index (χ1v) is 6.97. The summed E-state index contributed by atoms with van der Waals surface area (Å²) < 4.78 is 10.9. The van der Waals surface area contributed by atoms with E-state index in [1.165, 1.54) is 32.1 Å². The zero-order valence-electron chi connectivity index (χ0n) is 10.7. The summed E-state index contributed by atoms with van der Waals surface area (Å²) >= 11 is 0. The maximum Gasteiger partial charge on any atom is 0.229 e. The Bertz CT molecular complexity index is 389. The molecule has 0 amide bonds. The van der Waals surface area contributed by atoms with Gasteiger partial charge in [0.15, 0.2) is 5.82 Å². The first-order valence-electron chi connectivity index (χ1n) is 6.97. The van der Waals surface area contributed by atoms with Gasteiger partial charge in [-0.2, -0.15) is 4.98 Å². The normalized spacial score (nSPS) is 27.8. The largest absolute Gasteiger partial charge is 0.373 e. The molecule has 1 aromatic heterocycles. The molecule has 0 radical (unpaired) electrons. The van der Waals surface area contributed by atoms with Gasteiger partial charge in [-0.1, -0.05) is 11.6 Å². The number of ether oxygens (including phenoxy) is 1. The summed E-state index contributed by atoms with van der Waals surface area (Å²) in [7, 11) is 0. The Labute approximate surface area is 107 Å². The van der Waals surface area contributed by atoms with E-state index in [1.807, 2.05) is 0 Å². The maximum atomic E-state index is 5.76. The molecule has 2 aliphatic carbocycles. The molecule has 0 aliphatic heterocycles. The minimum atomic E-state index is 0.462. The fraction of sp³-hybridized carbons (Fsp3) is 0.846. The molecule has 2 fully saturated rings. The third-order valence-corrected chi connectivity index (χ3v) is 4.09. The average molecular weight is 251 g/mol. The minimum Gasteiger partial charge on any atom is -0.373 e. The summed E-state index contributed by atoms with van der Waals surface area (Å²) in [6.07, 6.45) is 6.13. The van der Waals surface area contributed by atoms with Gasteiger partial charge in [0.2, 0.25) is 5.89 Å². The molecule has 1 heterocycles. The third kappa shape index (κ3) is 2.72. The van der Waals surface area contributed by atoms with Gasteiger partial charge in [0.05, 0.1) is 6.61 Å². The van der Waals surface area contributed by atoms with Gasteiger partial charge in [-0.3, -0.25) is 0 Å². The van der Waals surface area contributed by atoms with E-state index in [9.17, 15) is 0 Å². The van der Waals surface area contributed by atoms with E-state index in [0.717, 1.165) is 19.0 Å². The van der Waals surface area contributed by atoms with E-state index >= 15 is 0 Å². The van der Waals surface area contributed by atoms with Gasteiger partial charge in [-0.25, -0.2) is 0 Å². The van der Waals surface area contributed by atoms with Crippen LogP contribution in [0, 0.1) is 11.8 Å². The van der Waals surface area contributed by atoms with E-state index in [1.54, 1.807) is 0 Å². The van der Waals surface area contributed by atoms with Crippen molar-refractivity contribution in [2.75, 3.05) is 13.2 Å². The summed E-state index contributed by atoms with van der Waals surface area (Å²) in [5.74, 6) is 3.23. The molecule has 3 rings (SSSR count). The second kappa shape index (κ2) is 5.36. The highest BCUT2D eigenvalue weighted by molar-refractivity contribution is 5.01. The van der Waals surface area contributed by atoms with Crippen molar-refractivity contribution in [2.24, 2.45) is 17.6 Å². The lowest BCUT2D eigenvalue weighted by Crippen LogP contribution is -2.22. The number of hydrogen-bond donors (Lipinski definition) is 1. The van der Waals surface area contributed by atoms with Crippen LogP contribution in [0.25, 0.3) is 0 Å². The Balaban J connectivity index is 1.43. The van der Waals surface area contributed by atoms with Gasteiger partial charge >= 0.3 is 0 Å². The minimum absolute atomic E-state index is 0.462. The van der Waals surface area contributed by atoms with Gasteiger partial charge in [0, 0.05) is 5.92 Å². The van der Waals surface area contributed by atoms with Crippen molar-refractivity contribution in [3.05, 3.63) is 11.7 Å². The van der Waals surface area contributed by atoms with Crippen LogP contribution in [0.5, 0.6) is 0 Å². The van der Waals surface area contributed by atoms with Crippen LogP contribution in [0.15, 0.2) is 4.52 Å². The van der Waals surface area contributed by atoms with Crippen LogP contribution in [-0.4, -0.2) is 23.3 Å². The zero-order chi connectivity index (χ0) is 12.4. The second-order valence-electron chi connectivity index (χ2n) is 5.53. The zero-order valence-corrected chi connectivity index (χ0v) is 10.7. The Morgan fingerprint density at radius 2 is 2.06 bits per heavy atom. The van der Waals surface area contributed by atoms with Crippen LogP contribution in [0.1, 0.15) is 49.7 Å². The second-order valence-corrected chi connectivity index (χ2v) is 5.53. The highest BCUT2D eigenvalue weighted by atomic mass is 16.5. The van der Waals surface area contributed by atoms with Crippen molar-refractivity contribution in [3.63, 3.8) is 0 Å². The monoisotopic (exact) mass is 251 g/mol. The standard InChI is InChI=1S/C13H21N3O2/c14-6-10-2-1-3-11(10)7-17-8-12-15-13(18-16-12)9-4-5-9/h9-11H,1-8,14H2. The van der Waals surface area contributed by atoms with Gasteiger partial charge in [-0.15, -0.1) is 0 Å². The lowest BCUT2D eigenvalue weighted by Gasteiger charge is -2.16. The summed E-state index contributed by atoms with van der Waals surface area (Å²) in [4.78, 5) is 4.35. The topological polar surface area (TPSA) is 74.2 Å². The van der Waals surface area contributed by atoms with Crippen LogP contribution in [0.3, 0.4) is 0 Å². The number of aromatic nitrogens is 2. The van der Waals surface area contributed by atoms with E-state index < -0.39 is 0 Å². The van der Waals surface area contributed by atoms with Crippen LogP contribution < -0.4 is 5.73 Å². The fourth-order valence-electron chi connectivity index (χ4n) is 2.77. The molecular weight excluding hydrogens is 230 g/mol. The molecule has 0 aromatic carbocycles. The van der Waals surface area contributed by atoms with Crippen molar-refractivity contribution in [3.8, 4) is 0 Å². The lowest BCUT2D eigenvalue weighted by molar-refractivity contribution is 0.0701. The molecule has 5 nitrogen and oxygen atoms in total. The van der Waals surface area contributed by atoms with Crippen LogP contribution in [-0.2, 0) is 11.3 Å². The van der Waals surface area contributed by atoms with Gasteiger partial charge < -0.3 is 15.0 Å². The molecule has 18 heavy (non-hydrogen) atoms. The Hall–Kier alpha value is -0.940. The first kappa shape index (κ1) is 12.1. The average Bonchev–Trinajstić information content (AvgIpc) is 2.96. The first-order chi connectivity index (χ1) is 8.86. The van der Waals surface area contributed by atoms with Crippen LogP contribution >= 0.6 is 0 Å². The third-order valence-electron chi connectivity index (χ3n) is 4.09. The number of hydrogen-bond acceptors (Lipinski definition) is 5. The van der Waals surface area contributed by atoms with Crippen molar-refractivity contribution in [2.45, 2.75) is 44.6 Å². The number of nitrogens with two attached hydrogens (primary N) is 1. The van der Waals surface area contributed by atoms with Crippen molar-refractivity contribution in [1.82, 2.24) is 10.1 Å². The molecule has 2 unspecified atom stereocenters. The summed E-state index contributed by atoms with van der Waals surface area (Å²) in [6, 6.07) is 0. The maximum absolute atomic E-state index is 5.76. The molecule has 2 saturated carbocycles. The molecule has 2 aliphatic rings. The van der Waals surface area contributed by atoms with Gasteiger partial charge in [0.25, 0.3) is 0 Å². The predicted octanol–water partition coefficient (Wildman–Crippen LogP) is 1.84. The Kier molecular flexibility index (Phi) is 3.61. The summed E-state index contributed by atoms with van der Waals surface area (Å²) in [5.41, 5.74) is 5.76. The number of nitrogens with zero attached hydrogens (tertiary/aromatic N) is 2. The SMILES string of the molecule is NCC1CCCC1COCc1noc(C2CC2)n1. The number of rotatable bonds is 6. The van der Waals surface area contributed by atoms with Gasteiger partial charge in [-0.05, 0) is 44.1 Å². The molecular formula is C13H21N3O2. The summed E-state index contributed by atoms with van der Waals surface area (Å²) in [5, 5.41) is 3.94. The lowest BCUT2D eigenvalue weighted by atomic mass is 9.97. The predicted molar refractivity (Wildman–Crippen MR) is 65.8 cm³/mol. The Morgan fingerprint density at radius 3 is 2.83 bits per heavy atom. The van der Waals surface area contributed by atoms with Crippen LogP contribution in [0.2, 0.25) is 0 Å². The quantitative estimate of drug-likeness (QED) is 0.835. The molecule has 5 heteroatoms. The van der Waals surface area contributed by atoms with Crippen molar-refractivity contribution in [1.29, 1.82) is 0 Å². The smallest absolute Gasteiger partial charge is 0.229 e. The molecule has 2 N–H and O–H groups in total. The van der Waals surface area contributed by atoms with E-state index in [0.29, 0.717) is 30.2 Å². The highest BCUT2D eigenvalue weighted by Gasteiger charge is 2.30. The molecule has 0 bridgehead atoms. The fourth-order valence-corrected chi connectivity index (χ4v) is 2.77. The van der Waals surface area contributed by atoms with Crippen molar-refractivity contribution < 1.29 is 9.26 Å². The summed E-state index contributed by atoms with van der Waals surface area (Å²) in [6.45, 7) is 2.02. The molecule has 0 saturated heterocycles.